The van der Waals surface area contributed by atoms with E-state index in [-0.39, 0.29) is 6.04 Å². The number of benzene rings is 1. The molecule has 100 valence electrons. The molecule has 1 aromatic carbocycles. The lowest BCUT2D eigenvalue weighted by atomic mass is 10.1. The molecule has 2 N–H and O–H groups in total. The van der Waals surface area contributed by atoms with E-state index in [1.807, 2.05) is 36.5 Å². The quantitative estimate of drug-likeness (QED) is 0.862. The highest BCUT2D eigenvalue weighted by atomic mass is 15.1. The highest BCUT2D eigenvalue weighted by molar-refractivity contribution is 5.18. The van der Waals surface area contributed by atoms with Crippen LogP contribution in [-0.4, -0.2) is 23.0 Å². The van der Waals surface area contributed by atoms with Gasteiger partial charge < -0.3 is 5.73 Å². The minimum atomic E-state index is 0.0462. The Bertz CT molecular complexity index is 470. The minimum absolute atomic E-state index is 0.0462. The van der Waals surface area contributed by atoms with Crippen molar-refractivity contribution in [1.29, 1.82) is 0 Å². The van der Waals surface area contributed by atoms with Crippen LogP contribution in [0.5, 0.6) is 0 Å². The predicted molar refractivity (Wildman–Crippen MR) is 78.6 cm³/mol. The van der Waals surface area contributed by atoms with Crippen LogP contribution in [0.15, 0.2) is 54.7 Å². The molecule has 0 aliphatic carbocycles. The summed E-state index contributed by atoms with van der Waals surface area (Å²) in [5.41, 5.74) is 8.53. The molecular weight excluding hydrogens is 234 g/mol. The third-order valence-electron chi connectivity index (χ3n) is 3.24. The smallest absolute Gasteiger partial charge is 0.0543 e. The van der Waals surface area contributed by atoms with Crippen molar-refractivity contribution in [1.82, 2.24) is 9.88 Å². The van der Waals surface area contributed by atoms with Crippen molar-refractivity contribution in [2.75, 3.05) is 13.1 Å². The van der Waals surface area contributed by atoms with Crippen molar-refractivity contribution in [3.05, 3.63) is 66.0 Å². The summed E-state index contributed by atoms with van der Waals surface area (Å²) >= 11 is 0. The molecule has 0 saturated carbocycles. The molecule has 0 aliphatic rings. The molecule has 0 bridgehead atoms. The van der Waals surface area contributed by atoms with E-state index in [4.69, 9.17) is 5.73 Å². The van der Waals surface area contributed by atoms with Crippen molar-refractivity contribution in [3.8, 4) is 0 Å². The summed E-state index contributed by atoms with van der Waals surface area (Å²) in [4.78, 5) is 6.68. The van der Waals surface area contributed by atoms with Crippen LogP contribution >= 0.6 is 0 Å². The third-order valence-corrected chi connectivity index (χ3v) is 3.24. The van der Waals surface area contributed by atoms with Gasteiger partial charge in [-0.25, -0.2) is 0 Å². The maximum atomic E-state index is 6.26. The van der Waals surface area contributed by atoms with Crippen LogP contribution in [0.1, 0.15) is 24.2 Å². The zero-order valence-electron chi connectivity index (χ0n) is 11.4. The van der Waals surface area contributed by atoms with E-state index in [9.17, 15) is 0 Å². The predicted octanol–water partition coefficient (Wildman–Crippen LogP) is 2.60. The van der Waals surface area contributed by atoms with Crippen molar-refractivity contribution >= 4 is 0 Å². The number of pyridine rings is 1. The minimum Gasteiger partial charge on any atom is -0.323 e. The van der Waals surface area contributed by atoms with Crippen LogP contribution in [0.3, 0.4) is 0 Å². The summed E-state index contributed by atoms with van der Waals surface area (Å²) in [6, 6.07) is 16.3. The maximum Gasteiger partial charge on any atom is 0.0543 e. The standard InChI is InChI=1S/C16H21N3/c1-2-19(12-15-10-6-7-11-18-15)13-16(17)14-8-4-3-5-9-14/h3-11,16H,2,12-13,17H2,1H3. The van der Waals surface area contributed by atoms with Gasteiger partial charge in [0, 0.05) is 25.3 Å². The highest BCUT2D eigenvalue weighted by Crippen LogP contribution is 2.12. The van der Waals surface area contributed by atoms with Gasteiger partial charge in [0.15, 0.2) is 0 Å². The van der Waals surface area contributed by atoms with Crippen molar-refractivity contribution in [2.45, 2.75) is 19.5 Å². The van der Waals surface area contributed by atoms with E-state index in [0.717, 1.165) is 25.3 Å². The first-order chi connectivity index (χ1) is 9.29. The van der Waals surface area contributed by atoms with Gasteiger partial charge in [-0.3, -0.25) is 9.88 Å². The monoisotopic (exact) mass is 255 g/mol. The number of likely N-dealkylation sites (N-methyl/N-ethyl adjacent to an activating group) is 1. The van der Waals surface area contributed by atoms with Crippen molar-refractivity contribution < 1.29 is 0 Å². The fraction of sp³-hybridized carbons (Fsp3) is 0.312. The number of nitrogens with two attached hydrogens (primary N) is 1. The molecule has 19 heavy (non-hydrogen) atoms. The van der Waals surface area contributed by atoms with Gasteiger partial charge in [0.1, 0.15) is 0 Å². The van der Waals surface area contributed by atoms with Gasteiger partial charge in [0.25, 0.3) is 0 Å². The molecule has 0 radical (unpaired) electrons. The summed E-state index contributed by atoms with van der Waals surface area (Å²) in [6.45, 7) is 4.81. The van der Waals surface area contributed by atoms with Gasteiger partial charge in [-0.1, -0.05) is 43.3 Å². The lowest BCUT2D eigenvalue weighted by Crippen LogP contribution is -2.32. The second kappa shape index (κ2) is 7.02. The van der Waals surface area contributed by atoms with E-state index >= 15 is 0 Å². The topological polar surface area (TPSA) is 42.2 Å². The summed E-state index contributed by atoms with van der Waals surface area (Å²) in [7, 11) is 0. The van der Waals surface area contributed by atoms with Gasteiger partial charge in [-0.05, 0) is 24.2 Å². The number of hydrogen-bond donors (Lipinski definition) is 1. The molecule has 0 saturated heterocycles. The second-order valence-corrected chi connectivity index (χ2v) is 4.67. The van der Waals surface area contributed by atoms with Gasteiger partial charge in [-0.15, -0.1) is 0 Å². The van der Waals surface area contributed by atoms with Crippen LogP contribution < -0.4 is 5.73 Å². The Morgan fingerprint density at radius 2 is 1.84 bits per heavy atom. The largest absolute Gasteiger partial charge is 0.323 e. The Labute approximate surface area is 115 Å². The van der Waals surface area contributed by atoms with Crippen LogP contribution in [-0.2, 0) is 6.54 Å². The summed E-state index contributed by atoms with van der Waals surface area (Å²) in [5.74, 6) is 0. The van der Waals surface area contributed by atoms with E-state index in [2.05, 4.69) is 35.0 Å². The number of nitrogens with zero attached hydrogens (tertiary/aromatic N) is 2. The Kier molecular flexibility index (Phi) is 5.07. The van der Waals surface area contributed by atoms with Crippen LogP contribution in [0.4, 0.5) is 0 Å². The Balaban J connectivity index is 1.96. The summed E-state index contributed by atoms with van der Waals surface area (Å²) in [5, 5.41) is 0. The molecule has 0 fully saturated rings. The fourth-order valence-corrected chi connectivity index (χ4v) is 2.11. The van der Waals surface area contributed by atoms with Crippen molar-refractivity contribution in [2.24, 2.45) is 5.73 Å². The highest BCUT2D eigenvalue weighted by Gasteiger charge is 2.11. The lowest BCUT2D eigenvalue weighted by molar-refractivity contribution is 0.259. The molecule has 3 nitrogen and oxygen atoms in total. The Morgan fingerprint density at radius 1 is 1.11 bits per heavy atom. The van der Waals surface area contributed by atoms with Crippen molar-refractivity contribution in [3.63, 3.8) is 0 Å². The number of hydrogen-bond acceptors (Lipinski definition) is 3. The maximum absolute atomic E-state index is 6.26. The van der Waals surface area contributed by atoms with Gasteiger partial charge in [0.05, 0.1) is 5.69 Å². The van der Waals surface area contributed by atoms with E-state index < -0.39 is 0 Å². The average molecular weight is 255 g/mol. The second-order valence-electron chi connectivity index (χ2n) is 4.67. The zero-order chi connectivity index (χ0) is 13.5. The number of aromatic nitrogens is 1. The zero-order valence-corrected chi connectivity index (χ0v) is 11.4. The normalized spacial score (nSPS) is 12.6. The molecule has 2 rings (SSSR count). The van der Waals surface area contributed by atoms with Crippen LogP contribution in [0.2, 0.25) is 0 Å². The molecular formula is C16H21N3. The van der Waals surface area contributed by atoms with Gasteiger partial charge in [0.2, 0.25) is 0 Å². The third kappa shape index (κ3) is 4.16. The first kappa shape index (κ1) is 13.7. The molecule has 1 unspecified atom stereocenters. The Morgan fingerprint density at radius 3 is 2.47 bits per heavy atom. The number of rotatable bonds is 6. The van der Waals surface area contributed by atoms with E-state index in [1.54, 1.807) is 0 Å². The molecule has 1 aromatic heterocycles. The molecule has 3 heteroatoms. The lowest BCUT2D eigenvalue weighted by Gasteiger charge is -2.24. The van der Waals surface area contributed by atoms with E-state index in [0.29, 0.717) is 0 Å². The van der Waals surface area contributed by atoms with E-state index in [1.165, 1.54) is 5.56 Å². The van der Waals surface area contributed by atoms with Crippen LogP contribution in [0, 0.1) is 0 Å². The summed E-state index contributed by atoms with van der Waals surface area (Å²) < 4.78 is 0. The van der Waals surface area contributed by atoms with Crippen LogP contribution in [0.25, 0.3) is 0 Å². The molecule has 0 aliphatic heterocycles. The van der Waals surface area contributed by atoms with Gasteiger partial charge in [-0.2, -0.15) is 0 Å². The summed E-state index contributed by atoms with van der Waals surface area (Å²) in [6.07, 6.45) is 1.83. The molecule has 2 aromatic rings. The molecule has 0 spiro atoms. The van der Waals surface area contributed by atoms with Gasteiger partial charge >= 0.3 is 0 Å². The molecule has 1 heterocycles. The SMILES string of the molecule is CCN(Cc1ccccn1)CC(N)c1ccccc1. The molecule has 1 atom stereocenters. The molecule has 0 amide bonds. The fourth-order valence-electron chi connectivity index (χ4n) is 2.11. The first-order valence-corrected chi connectivity index (χ1v) is 6.72. The first-order valence-electron chi connectivity index (χ1n) is 6.72. The Hall–Kier alpha value is -1.71. The average Bonchev–Trinajstić information content (AvgIpc) is 2.48.